The SMILES string of the molecule is COC(=O)CCCCCNC(=O)N1C[C@H]2C[C@H](C1)c1cccc(=O)n1C2. The Balaban J connectivity index is 1.46. The lowest BCUT2D eigenvalue weighted by atomic mass is 9.83. The van der Waals surface area contributed by atoms with Gasteiger partial charge in [0.15, 0.2) is 0 Å². The smallest absolute Gasteiger partial charge is 0.317 e. The first kappa shape index (κ1) is 18.5. The van der Waals surface area contributed by atoms with Crippen molar-refractivity contribution in [3.05, 3.63) is 34.2 Å². The fourth-order valence-electron chi connectivity index (χ4n) is 4.04. The maximum atomic E-state index is 12.5. The third kappa shape index (κ3) is 4.26. The fraction of sp³-hybridized carbons (Fsp3) is 0.632. The number of nitrogens with zero attached hydrogens (tertiary/aromatic N) is 2. The van der Waals surface area contributed by atoms with Crippen LogP contribution in [0.4, 0.5) is 4.79 Å². The molecule has 2 amide bonds. The summed E-state index contributed by atoms with van der Waals surface area (Å²) in [5.74, 6) is 0.391. The number of hydrogen-bond acceptors (Lipinski definition) is 4. The van der Waals surface area contributed by atoms with Gasteiger partial charge in [-0.05, 0) is 31.2 Å². The van der Waals surface area contributed by atoms with Crippen LogP contribution in [0.3, 0.4) is 0 Å². The first-order valence-corrected chi connectivity index (χ1v) is 9.38. The summed E-state index contributed by atoms with van der Waals surface area (Å²) in [5.41, 5.74) is 1.11. The molecule has 0 unspecified atom stereocenters. The number of amides is 2. The summed E-state index contributed by atoms with van der Waals surface area (Å²) in [7, 11) is 1.39. The molecule has 0 spiro atoms. The highest BCUT2D eigenvalue weighted by Gasteiger charge is 2.36. The molecule has 26 heavy (non-hydrogen) atoms. The molecule has 0 radical (unpaired) electrons. The van der Waals surface area contributed by atoms with Crippen LogP contribution in [0.2, 0.25) is 0 Å². The number of carbonyl (C=O) groups excluding carboxylic acids is 2. The molecule has 1 aromatic rings. The number of aromatic nitrogens is 1. The molecule has 142 valence electrons. The Morgan fingerprint density at radius 3 is 2.85 bits per heavy atom. The van der Waals surface area contributed by atoms with Crippen LogP contribution < -0.4 is 10.9 Å². The van der Waals surface area contributed by atoms with Crippen molar-refractivity contribution in [2.75, 3.05) is 26.7 Å². The van der Waals surface area contributed by atoms with Gasteiger partial charge >= 0.3 is 12.0 Å². The first-order chi connectivity index (χ1) is 12.6. The lowest BCUT2D eigenvalue weighted by molar-refractivity contribution is -0.140. The monoisotopic (exact) mass is 361 g/mol. The maximum absolute atomic E-state index is 12.5. The molecule has 0 saturated carbocycles. The van der Waals surface area contributed by atoms with Gasteiger partial charge in [-0.25, -0.2) is 4.79 Å². The van der Waals surface area contributed by atoms with E-state index < -0.39 is 0 Å². The molecule has 0 aliphatic carbocycles. The van der Waals surface area contributed by atoms with E-state index >= 15 is 0 Å². The molecule has 3 heterocycles. The lowest BCUT2D eigenvalue weighted by Crippen LogP contribution is -2.52. The number of hydrogen-bond donors (Lipinski definition) is 1. The van der Waals surface area contributed by atoms with E-state index in [9.17, 15) is 14.4 Å². The van der Waals surface area contributed by atoms with E-state index in [2.05, 4.69) is 10.1 Å². The van der Waals surface area contributed by atoms with Gasteiger partial charge in [0.2, 0.25) is 0 Å². The van der Waals surface area contributed by atoms with Gasteiger partial charge in [-0.3, -0.25) is 9.59 Å². The average molecular weight is 361 g/mol. The number of urea groups is 1. The van der Waals surface area contributed by atoms with Crippen LogP contribution in [-0.4, -0.2) is 48.2 Å². The number of fused-ring (bicyclic) bond motifs is 4. The average Bonchev–Trinajstić information content (AvgIpc) is 2.64. The van der Waals surface area contributed by atoms with Gasteiger partial charge in [0.25, 0.3) is 5.56 Å². The van der Waals surface area contributed by atoms with Crippen LogP contribution in [-0.2, 0) is 16.1 Å². The zero-order valence-electron chi connectivity index (χ0n) is 15.3. The third-order valence-electron chi connectivity index (χ3n) is 5.33. The molecule has 7 nitrogen and oxygen atoms in total. The minimum Gasteiger partial charge on any atom is -0.469 e. The molecule has 2 bridgehead atoms. The second-order valence-electron chi connectivity index (χ2n) is 7.22. The zero-order valence-corrected chi connectivity index (χ0v) is 15.3. The number of unbranched alkanes of at least 4 members (excludes halogenated alkanes) is 2. The van der Waals surface area contributed by atoms with Crippen molar-refractivity contribution in [2.24, 2.45) is 5.92 Å². The van der Waals surface area contributed by atoms with Crippen LogP contribution in [0, 0.1) is 5.92 Å². The first-order valence-electron chi connectivity index (χ1n) is 9.38. The molecule has 1 aromatic heterocycles. The molecule has 3 rings (SSSR count). The van der Waals surface area contributed by atoms with Crippen molar-refractivity contribution >= 4 is 12.0 Å². The molecule has 1 saturated heterocycles. The van der Waals surface area contributed by atoms with Crippen molar-refractivity contribution in [1.29, 1.82) is 0 Å². The highest BCUT2D eigenvalue weighted by Crippen LogP contribution is 2.34. The number of likely N-dealkylation sites (tertiary alicyclic amines) is 1. The number of rotatable bonds is 6. The van der Waals surface area contributed by atoms with Gasteiger partial charge in [0.05, 0.1) is 7.11 Å². The van der Waals surface area contributed by atoms with E-state index in [0.29, 0.717) is 38.5 Å². The second-order valence-corrected chi connectivity index (χ2v) is 7.22. The molecule has 0 aromatic carbocycles. The van der Waals surface area contributed by atoms with Crippen LogP contribution in [0.15, 0.2) is 23.0 Å². The van der Waals surface area contributed by atoms with Crippen LogP contribution in [0.1, 0.15) is 43.7 Å². The van der Waals surface area contributed by atoms with Crippen molar-refractivity contribution in [3.8, 4) is 0 Å². The van der Waals surface area contributed by atoms with Crippen LogP contribution in [0.5, 0.6) is 0 Å². The Labute approximate surface area is 153 Å². The van der Waals surface area contributed by atoms with Crippen molar-refractivity contribution in [1.82, 2.24) is 14.8 Å². The largest absolute Gasteiger partial charge is 0.469 e. The highest BCUT2D eigenvalue weighted by atomic mass is 16.5. The quantitative estimate of drug-likeness (QED) is 0.618. The van der Waals surface area contributed by atoms with Gasteiger partial charge in [0.1, 0.15) is 0 Å². The molecule has 2 aliphatic heterocycles. The number of pyridine rings is 1. The maximum Gasteiger partial charge on any atom is 0.317 e. The minimum atomic E-state index is -0.187. The Hall–Kier alpha value is -2.31. The summed E-state index contributed by atoms with van der Waals surface area (Å²) in [6.07, 6.45) is 3.99. The normalized spacial score (nSPS) is 21.0. The predicted molar refractivity (Wildman–Crippen MR) is 97.0 cm³/mol. The summed E-state index contributed by atoms with van der Waals surface area (Å²) >= 11 is 0. The summed E-state index contributed by atoms with van der Waals surface area (Å²) in [6, 6.07) is 5.39. The van der Waals surface area contributed by atoms with Gasteiger partial charge in [-0.2, -0.15) is 0 Å². The van der Waals surface area contributed by atoms with E-state index in [-0.39, 0.29) is 23.5 Å². The highest BCUT2D eigenvalue weighted by molar-refractivity contribution is 5.74. The predicted octanol–water partition coefficient (Wildman–Crippen LogP) is 1.71. The summed E-state index contributed by atoms with van der Waals surface area (Å²) in [6.45, 7) is 2.67. The minimum absolute atomic E-state index is 0.0283. The van der Waals surface area contributed by atoms with E-state index in [4.69, 9.17) is 0 Å². The number of nitrogens with one attached hydrogen (secondary N) is 1. The number of ether oxygens (including phenoxy) is 1. The number of carbonyl (C=O) groups is 2. The van der Waals surface area contributed by atoms with E-state index in [0.717, 1.165) is 31.4 Å². The van der Waals surface area contributed by atoms with Gasteiger partial charge in [-0.15, -0.1) is 0 Å². The summed E-state index contributed by atoms with van der Waals surface area (Å²) in [4.78, 5) is 37.4. The Bertz CT molecular complexity index is 715. The van der Waals surface area contributed by atoms with Gasteiger partial charge in [0, 0.05) is 50.3 Å². The second kappa shape index (κ2) is 8.38. The van der Waals surface area contributed by atoms with Gasteiger partial charge < -0.3 is 19.5 Å². The summed E-state index contributed by atoms with van der Waals surface area (Å²) in [5, 5.41) is 2.98. The molecule has 1 fully saturated rings. The lowest BCUT2D eigenvalue weighted by Gasteiger charge is -2.42. The fourth-order valence-corrected chi connectivity index (χ4v) is 4.04. The number of piperidine rings is 1. The number of methoxy groups -OCH3 is 1. The van der Waals surface area contributed by atoms with E-state index in [1.54, 1.807) is 6.07 Å². The van der Waals surface area contributed by atoms with E-state index in [1.165, 1.54) is 7.11 Å². The van der Waals surface area contributed by atoms with Crippen LogP contribution in [0.25, 0.3) is 0 Å². The number of esters is 1. The topological polar surface area (TPSA) is 80.6 Å². The Morgan fingerprint density at radius 2 is 2.04 bits per heavy atom. The Morgan fingerprint density at radius 1 is 1.19 bits per heavy atom. The van der Waals surface area contributed by atoms with Crippen molar-refractivity contribution < 1.29 is 14.3 Å². The van der Waals surface area contributed by atoms with Crippen molar-refractivity contribution in [3.63, 3.8) is 0 Å². The third-order valence-corrected chi connectivity index (χ3v) is 5.33. The molecule has 2 aliphatic rings. The van der Waals surface area contributed by atoms with Crippen LogP contribution >= 0.6 is 0 Å². The van der Waals surface area contributed by atoms with E-state index in [1.807, 2.05) is 21.6 Å². The molecule has 1 N–H and O–H groups in total. The Kier molecular flexibility index (Phi) is 5.96. The van der Waals surface area contributed by atoms with Gasteiger partial charge in [-0.1, -0.05) is 12.5 Å². The standard InChI is InChI=1S/C19H27N3O4/c1-26-18(24)8-3-2-4-9-20-19(25)21-11-14-10-15(13-21)16-6-5-7-17(23)22(16)12-14/h5-7,14-15H,2-4,8-13H2,1H3,(H,20,25)/t14-,15-/m1/s1. The summed E-state index contributed by atoms with van der Waals surface area (Å²) < 4.78 is 6.48. The molecule has 7 heteroatoms. The zero-order chi connectivity index (χ0) is 18.5. The molecule has 2 atom stereocenters. The van der Waals surface area contributed by atoms with Crippen molar-refractivity contribution in [2.45, 2.75) is 44.6 Å². The molecular formula is C19H27N3O4. The molecular weight excluding hydrogens is 334 g/mol.